The van der Waals surface area contributed by atoms with Crippen LogP contribution in [-0.2, 0) is 12.8 Å². The molecule has 38 heavy (non-hydrogen) atoms. The first-order valence-corrected chi connectivity index (χ1v) is 15.0. The van der Waals surface area contributed by atoms with E-state index in [0.29, 0.717) is 16.7 Å². The number of nitrogens with zero attached hydrogens (tertiary/aromatic N) is 2. The summed E-state index contributed by atoms with van der Waals surface area (Å²) in [5, 5.41) is 14.1. The molecule has 202 valence electrons. The van der Waals surface area contributed by atoms with Gasteiger partial charge in [0.15, 0.2) is 5.13 Å². The Morgan fingerprint density at radius 2 is 1.84 bits per heavy atom. The Kier molecular flexibility index (Phi) is 8.65. The first-order valence-electron chi connectivity index (χ1n) is 14.2. The second-order valence-electron chi connectivity index (χ2n) is 10.9. The van der Waals surface area contributed by atoms with Gasteiger partial charge in [-0.3, -0.25) is 4.79 Å². The maximum Gasteiger partial charge on any atom is 0.251 e. The SMILES string of the molecule is CCCN(CCC1CCC(NC(=O)c2ccc(-c3ccccc3O)cc2)CC1)C1CCc2nc(N)sc2C1. The van der Waals surface area contributed by atoms with Gasteiger partial charge in [-0.05, 0) is 101 Å². The number of benzene rings is 2. The van der Waals surface area contributed by atoms with Crippen LogP contribution in [0.15, 0.2) is 48.5 Å². The van der Waals surface area contributed by atoms with E-state index < -0.39 is 0 Å². The van der Waals surface area contributed by atoms with Crippen LogP contribution in [0.25, 0.3) is 11.1 Å². The Hall–Kier alpha value is -2.90. The smallest absolute Gasteiger partial charge is 0.251 e. The van der Waals surface area contributed by atoms with Crippen molar-refractivity contribution in [3.63, 3.8) is 0 Å². The zero-order valence-corrected chi connectivity index (χ0v) is 23.2. The minimum atomic E-state index is -0.00761. The summed E-state index contributed by atoms with van der Waals surface area (Å²) in [5.41, 5.74) is 9.54. The number of nitrogens with two attached hydrogens (primary N) is 1. The maximum atomic E-state index is 12.9. The molecule has 5 rings (SSSR count). The molecule has 7 heteroatoms. The third-order valence-corrected chi connectivity index (χ3v) is 9.28. The first kappa shape index (κ1) is 26.7. The van der Waals surface area contributed by atoms with Crippen molar-refractivity contribution in [1.82, 2.24) is 15.2 Å². The molecule has 4 N–H and O–H groups in total. The van der Waals surface area contributed by atoms with Crippen molar-refractivity contribution >= 4 is 22.4 Å². The van der Waals surface area contributed by atoms with Gasteiger partial charge in [-0.2, -0.15) is 0 Å². The molecule has 1 atom stereocenters. The zero-order valence-electron chi connectivity index (χ0n) is 22.4. The molecular weight excluding hydrogens is 492 g/mol. The molecule has 1 amide bonds. The fourth-order valence-electron chi connectivity index (χ4n) is 6.18. The van der Waals surface area contributed by atoms with Gasteiger partial charge in [0.1, 0.15) is 5.75 Å². The summed E-state index contributed by atoms with van der Waals surface area (Å²) >= 11 is 1.67. The van der Waals surface area contributed by atoms with E-state index in [9.17, 15) is 9.90 Å². The molecule has 2 aliphatic rings. The van der Waals surface area contributed by atoms with Gasteiger partial charge in [-0.15, -0.1) is 11.3 Å². The highest BCUT2D eigenvalue weighted by molar-refractivity contribution is 7.15. The van der Waals surface area contributed by atoms with Crippen molar-refractivity contribution in [2.24, 2.45) is 5.92 Å². The van der Waals surface area contributed by atoms with E-state index in [2.05, 4.69) is 22.1 Å². The van der Waals surface area contributed by atoms with Gasteiger partial charge in [0.05, 0.1) is 5.69 Å². The van der Waals surface area contributed by atoms with Crippen molar-refractivity contribution in [2.45, 2.75) is 76.8 Å². The highest BCUT2D eigenvalue weighted by Gasteiger charge is 2.28. The number of aryl methyl sites for hydroxylation is 1. The van der Waals surface area contributed by atoms with Gasteiger partial charge < -0.3 is 21.1 Å². The molecular formula is C31H40N4O2S. The first-order chi connectivity index (χ1) is 18.5. The predicted molar refractivity (Wildman–Crippen MR) is 156 cm³/mol. The van der Waals surface area contributed by atoms with E-state index in [-0.39, 0.29) is 17.7 Å². The topological polar surface area (TPSA) is 91.5 Å². The number of hydrogen-bond donors (Lipinski definition) is 3. The maximum absolute atomic E-state index is 12.9. The van der Waals surface area contributed by atoms with Crippen molar-refractivity contribution in [3.05, 3.63) is 64.7 Å². The molecule has 0 aliphatic heterocycles. The van der Waals surface area contributed by atoms with Crippen LogP contribution in [0, 0.1) is 5.92 Å². The Morgan fingerprint density at radius 1 is 1.08 bits per heavy atom. The molecule has 1 aromatic heterocycles. The van der Waals surface area contributed by atoms with Crippen molar-refractivity contribution in [1.29, 1.82) is 0 Å². The van der Waals surface area contributed by atoms with Crippen molar-refractivity contribution < 1.29 is 9.90 Å². The molecule has 6 nitrogen and oxygen atoms in total. The second-order valence-corrected chi connectivity index (χ2v) is 12.0. The number of amides is 1. The number of rotatable bonds is 9. The van der Waals surface area contributed by atoms with E-state index in [4.69, 9.17) is 5.73 Å². The number of para-hydroxylation sites is 1. The van der Waals surface area contributed by atoms with Crippen molar-refractivity contribution in [2.75, 3.05) is 18.8 Å². The lowest BCUT2D eigenvalue weighted by Crippen LogP contribution is -2.41. The van der Waals surface area contributed by atoms with Crippen LogP contribution in [0.1, 0.15) is 72.8 Å². The van der Waals surface area contributed by atoms with Gasteiger partial charge in [0.25, 0.3) is 5.91 Å². The van der Waals surface area contributed by atoms with E-state index in [1.54, 1.807) is 17.4 Å². The number of carbonyl (C=O) groups excluding carboxylic acids is 1. The molecule has 3 aromatic rings. The summed E-state index contributed by atoms with van der Waals surface area (Å²) in [5.74, 6) is 0.975. The third-order valence-electron chi connectivity index (χ3n) is 8.33. The Balaban J connectivity index is 1.08. The average molecular weight is 533 g/mol. The normalized spacial score (nSPS) is 21.3. The van der Waals surface area contributed by atoms with Crippen LogP contribution >= 0.6 is 11.3 Å². The summed E-state index contributed by atoms with van der Waals surface area (Å²) < 4.78 is 0. The summed E-state index contributed by atoms with van der Waals surface area (Å²) in [7, 11) is 0. The van der Waals surface area contributed by atoms with Crippen LogP contribution in [0.3, 0.4) is 0 Å². The number of nitrogen functional groups attached to an aromatic ring is 1. The van der Waals surface area contributed by atoms with Crippen LogP contribution in [-0.4, -0.2) is 46.1 Å². The number of thiazole rings is 1. The molecule has 1 unspecified atom stereocenters. The second kappa shape index (κ2) is 12.3. The van der Waals surface area contributed by atoms with E-state index >= 15 is 0 Å². The molecule has 0 spiro atoms. The van der Waals surface area contributed by atoms with E-state index in [1.165, 1.54) is 42.7 Å². The molecule has 0 bridgehead atoms. The minimum Gasteiger partial charge on any atom is -0.507 e. The molecule has 1 saturated carbocycles. The number of aromatic nitrogens is 1. The van der Waals surface area contributed by atoms with Gasteiger partial charge in [0.2, 0.25) is 0 Å². The van der Waals surface area contributed by atoms with E-state index in [1.807, 2.05) is 42.5 Å². The van der Waals surface area contributed by atoms with E-state index in [0.717, 1.165) is 55.8 Å². The number of nitrogens with one attached hydrogen (secondary N) is 1. The quantitative estimate of drug-likeness (QED) is 0.312. The largest absolute Gasteiger partial charge is 0.507 e. The number of aromatic hydroxyl groups is 1. The zero-order chi connectivity index (χ0) is 26.5. The third kappa shape index (κ3) is 6.38. The molecule has 0 radical (unpaired) electrons. The Bertz CT molecular complexity index is 1220. The average Bonchev–Trinajstić information content (AvgIpc) is 3.31. The van der Waals surface area contributed by atoms with Gasteiger partial charge in [0, 0.05) is 28.1 Å². The molecule has 0 saturated heterocycles. The summed E-state index contributed by atoms with van der Waals surface area (Å²) in [6.07, 6.45) is 10.2. The number of phenolic OH excluding ortho intramolecular Hbond substituents is 1. The Morgan fingerprint density at radius 3 is 2.58 bits per heavy atom. The van der Waals surface area contributed by atoms with Gasteiger partial charge >= 0.3 is 0 Å². The van der Waals surface area contributed by atoms with Crippen LogP contribution in [0.2, 0.25) is 0 Å². The molecule has 2 aliphatic carbocycles. The standard InChI is InChI=1S/C31H40N4O2S/c1-2-18-35(25-15-16-27-29(20-25)38-31(32)34-27)19-17-21-7-13-24(14-8-21)33-30(37)23-11-9-22(10-12-23)26-5-3-4-6-28(26)36/h3-6,9-12,21,24-25,36H,2,7-8,13-20H2,1H3,(H2,32,34)(H,33,37). The molecule has 1 fully saturated rings. The van der Waals surface area contributed by atoms with Crippen molar-refractivity contribution in [3.8, 4) is 16.9 Å². The summed E-state index contributed by atoms with van der Waals surface area (Å²) in [6, 6.07) is 15.6. The monoisotopic (exact) mass is 532 g/mol. The van der Waals surface area contributed by atoms with Crippen LogP contribution in [0.4, 0.5) is 5.13 Å². The number of phenols is 1. The lowest BCUT2D eigenvalue weighted by atomic mass is 9.83. The predicted octanol–water partition coefficient (Wildman–Crippen LogP) is 6.05. The Labute approximate surface area is 230 Å². The molecule has 1 heterocycles. The van der Waals surface area contributed by atoms with Crippen LogP contribution in [0.5, 0.6) is 5.75 Å². The van der Waals surface area contributed by atoms with Gasteiger partial charge in [-0.1, -0.05) is 37.3 Å². The van der Waals surface area contributed by atoms with Crippen LogP contribution < -0.4 is 11.1 Å². The fraction of sp³-hybridized carbons (Fsp3) is 0.484. The molecule has 2 aromatic carbocycles. The number of carbonyl (C=O) groups is 1. The van der Waals surface area contributed by atoms with Gasteiger partial charge in [-0.25, -0.2) is 4.98 Å². The minimum absolute atomic E-state index is 0.00761. The fourth-order valence-corrected chi connectivity index (χ4v) is 7.13. The summed E-state index contributed by atoms with van der Waals surface area (Å²) in [6.45, 7) is 4.59. The number of hydrogen-bond acceptors (Lipinski definition) is 6. The lowest BCUT2D eigenvalue weighted by Gasteiger charge is -2.36. The summed E-state index contributed by atoms with van der Waals surface area (Å²) in [4.78, 5) is 21.5. The number of fused-ring (bicyclic) bond motifs is 1. The number of anilines is 1. The highest BCUT2D eigenvalue weighted by atomic mass is 32.1. The lowest BCUT2D eigenvalue weighted by molar-refractivity contribution is 0.0918. The highest BCUT2D eigenvalue weighted by Crippen LogP contribution is 2.32.